The highest BCUT2D eigenvalue weighted by molar-refractivity contribution is 5.94. The Labute approximate surface area is 134 Å². The van der Waals surface area contributed by atoms with Crippen LogP contribution in [0, 0.1) is 0 Å². The van der Waals surface area contributed by atoms with Gasteiger partial charge in [-0.3, -0.25) is 4.79 Å². The third kappa shape index (κ3) is 4.46. The number of hydrogen-bond donors (Lipinski definition) is 1. The van der Waals surface area contributed by atoms with Crippen molar-refractivity contribution in [2.24, 2.45) is 0 Å². The second-order valence-electron chi connectivity index (χ2n) is 6.12. The smallest absolute Gasteiger partial charge is 0.255 e. The number of amides is 1. The van der Waals surface area contributed by atoms with Crippen LogP contribution in [0.15, 0.2) is 18.3 Å². The fourth-order valence-electron chi connectivity index (χ4n) is 3.07. The Morgan fingerprint density at radius 3 is 2.86 bits per heavy atom. The molecule has 0 aromatic carbocycles. The number of aromatic nitrogens is 1. The Kier molecular flexibility index (Phi) is 6.69. The van der Waals surface area contributed by atoms with E-state index in [2.05, 4.69) is 24.1 Å². The largest absolute Gasteiger partial charge is 0.370 e. The number of rotatable bonds is 7. The van der Waals surface area contributed by atoms with Gasteiger partial charge in [0.1, 0.15) is 5.82 Å². The van der Waals surface area contributed by atoms with Gasteiger partial charge in [0.15, 0.2) is 0 Å². The van der Waals surface area contributed by atoms with Gasteiger partial charge in [-0.05, 0) is 44.2 Å². The van der Waals surface area contributed by atoms with Crippen LogP contribution in [0.3, 0.4) is 0 Å². The van der Waals surface area contributed by atoms with Crippen molar-refractivity contribution in [2.45, 2.75) is 64.8 Å². The summed E-state index contributed by atoms with van der Waals surface area (Å²) in [7, 11) is 0. The van der Waals surface area contributed by atoms with Crippen LogP contribution in [0.2, 0.25) is 0 Å². The van der Waals surface area contributed by atoms with Gasteiger partial charge in [-0.1, -0.05) is 26.7 Å². The number of unbranched alkanes of at least 4 members (excludes halogenated alkanes) is 2. The molecule has 122 valence electrons. The topological polar surface area (TPSA) is 45.2 Å². The van der Waals surface area contributed by atoms with E-state index in [0.717, 1.165) is 44.6 Å². The molecule has 4 nitrogen and oxygen atoms in total. The van der Waals surface area contributed by atoms with E-state index in [4.69, 9.17) is 0 Å². The third-order valence-corrected chi connectivity index (χ3v) is 4.46. The maximum atomic E-state index is 12.6. The predicted octanol–water partition coefficient (Wildman–Crippen LogP) is 4.09. The summed E-state index contributed by atoms with van der Waals surface area (Å²) in [6, 6.07) is 4.22. The first-order valence-electron chi connectivity index (χ1n) is 8.77. The normalized spacial score (nSPS) is 18.3. The number of hydrogen-bond acceptors (Lipinski definition) is 3. The van der Waals surface area contributed by atoms with E-state index in [0.29, 0.717) is 11.6 Å². The molecule has 2 heterocycles. The molecule has 1 saturated heterocycles. The van der Waals surface area contributed by atoms with E-state index in [1.54, 1.807) is 6.20 Å². The molecule has 2 rings (SSSR count). The lowest BCUT2D eigenvalue weighted by atomic mass is 9.99. The summed E-state index contributed by atoms with van der Waals surface area (Å²) < 4.78 is 0. The second kappa shape index (κ2) is 8.76. The minimum Gasteiger partial charge on any atom is -0.370 e. The highest BCUT2D eigenvalue weighted by Gasteiger charge is 2.26. The zero-order valence-electron chi connectivity index (χ0n) is 14.0. The fourth-order valence-corrected chi connectivity index (χ4v) is 3.07. The molecule has 22 heavy (non-hydrogen) atoms. The van der Waals surface area contributed by atoms with Crippen LogP contribution in [-0.2, 0) is 0 Å². The van der Waals surface area contributed by atoms with Crippen molar-refractivity contribution >= 4 is 11.7 Å². The maximum absolute atomic E-state index is 12.6. The van der Waals surface area contributed by atoms with Crippen molar-refractivity contribution in [1.82, 2.24) is 9.88 Å². The van der Waals surface area contributed by atoms with Gasteiger partial charge in [-0.15, -0.1) is 0 Å². The Morgan fingerprint density at radius 2 is 2.18 bits per heavy atom. The minimum atomic E-state index is 0.136. The molecule has 0 aliphatic carbocycles. The fraction of sp³-hybridized carbons (Fsp3) is 0.667. The highest BCUT2D eigenvalue weighted by atomic mass is 16.2. The maximum Gasteiger partial charge on any atom is 0.255 e. The van der Waals surface area contributed by atoms with Gasteiger partial charge >= 0.3 is 0 Å². The molecule has 0 radical (unpaired) electrons. The van der Waals surface area contributed by atoms with Crippen molar-refractivity contribution < 1.29 is 4.79 Å². The molecule has 0 spiro atoms. The molecule has 1 atom stereocenters. The molecular weight excluding hydrogens is 274 g/mol. The average molecular weight is 303 g/mol. The van der Waals surface area contributed by atoms with Gasteiger partial charge in [-0.2, -0.15) is 0 Å². The number of pyridine rings is 1. The van der Waals surface area contributed by atoms with Crippen LogP contribution < -0.4 is 5.32 Å². The summed E-state index contributed by atoms with van der Waals surface area (Å²) in [5.41, 5.74) is 0.708. The van der Waals surface area contributed by atoms with E-state index < -0.39 is 0 Å². The van der Waals surface area contributed by atoms with E-state index in [9.17, 15) is 4.79 Å². The van der Waals surface area contributed by atoms with Gasteiger partial charge in [0, 0.05) is 25.3 Å². The van der Waals surface area contributed by atoms with Gasteiger partial charge in [-0.25, -0.2) is 4.98 Å². The monoisotopic (exact) mass is 303 g/mol. The summed E-state index contributed by atoms with van der Waals surface area (Å²) >= 11 is 0. The Balaban J connectivity index is 1.92. The Hall–Kier alpha value is -1.58. The molecule has 0 bridgehead atoms. The zero-order valence-corrected chi connectivity index (χ0v) is 14.0. The van der Waals surface area contributed by atoms with Crippen molar-refractivity contribution in [3.8, 4) is 0 Å². The number of nitrogens with one attached hydrogen (secondary N) is 1. The molecular formula is C18H29N3O. The molecule has 1 aromatic heterocycles. The van der Waals surface area contributed by atoms with Crippen LogP contribution in [-0.4, -0.2) is 34.9 Å². The highest BCUT2D eigenvalue weighted by Crippen LogP contribution is 2.21. The van der Waals surface area contributed by atoms with Crippen LogP contribution in [0.1, 0.15) is 69.2 Å². The summed E-state index contributed by atoms with van der Waals surface area (Å²) in [6.45, 7) is 6.19. The van der Waals surface area contributed by atoms with Crippen molar-refractivity contribution in [1.29, 1.82) is 0 Å². The third-order valence-electron chi connectivity index (χ3n) is 4.46. The van der Waals surface area contributed by atoms with Crippen LogP contribution in [0.4, 0.5) is 5.82 Å². The van der Waals surface area contributed by atoms with E-state index in [-0.39, 0.29) is 5.91 Å². The predicted molar refractivity (Wildman–Crippen MR) is 91.2 cm³/mol. The van der Waals surface area contributed by atoms with Crippen LogP contribution >= 0.6 is 0 Å². The minimum absolute atomic E-state index is 0.136. The SMILES string of the molecule is CCCCCNc1ccc(C(=O)N2CCCCC2CC)cn1. The van der Waals surface area contributed by atoms with Crippen molar-refractivity contribution in [2.75, 3.05) is 18.4 Å². The number of likely N-dealkylation sites (tertiary alicyclic amines) is 1. The molecule has 1 aliphatic rings. The van der Waals surface area contributed by atoms with Gasteiger partial charge in [0.25, 0.3) is 5.91 Å². The van der Waals surface area contributed by atoms with Gasteiger partial charge in [0.05, 0.1) is 5.56 Å². The average Bonchev–Trinajstić information content (AvgIpc) is 2.58. The first-order valence-corrected chi connectivity index (χ1v) is 8.77. The van der Waals surface area contributed by atoms with Gasteiger partial charge < -0.3 is 10.2 Å². The van der Waals surface area contributed by atoms with E-state index in [1.165, 1.54) is 19.3 Å². The quantitative estimate of drug-likeness (QED) is 0.772. The Morgan fingerprint density at radius 1 is 1.32 bits per heavy atom. The molecule has 1 N–H and O–H groups in total. The second-order valence-corrected chi connectivity index (χ2v) is 6.12. The van der Waals surface area contributed by atoms with E-state index in [1.807, 2.05) is 17.0 Å². The lowest BCUT2D eigenvalue weighted by molar-refractivity contribution is 0.0607. The van der Waals surface area contributed by atoms with Crippen molar-refractivity contribution in [3.05, 3.63) is 23.9 Å². The number of carbonyl (C=O) groups excluding carboxylic acids is 1. The van der Waals surface area contributed by atoms with Crippen molar-refractivity contribution in [3.63, 3.8) is 0 Å². The molecule has 1 fully saturated rings. The summed E-state index contributed by atoms with van der Waals surface area (Å²) in [5.74, 6) is 0.995. The summed E-state index contributed by atoms with van der Waals surface area (Å²) in [6.07, 6.45) is 9.85. The van der Waals surface area contributed by atoms with E-state index >= 15 is 0 Å². The summed E-state index contributed by atoms with van der Waals surface area (Å²) in [4.78, 5) is 19.1. The summed E-state index contributed by atoms with van der Waals surface area (Å²) in [5, 5.41) is 3.31. The molecule has 4 heteroatoms. The standard InChI is InChI=1S/C18H29N3O/c1-3-5-7-12-19-17-11-10-15(14-20-17)18(22)21-13-8-6-9-16(21)4-2/h10-11,14,16H,3-9,12-13H2,1-2H3,(H,19,20). The molecule has 1 aliphatic heterocycles. The number of piperidine rings is 1. The molecule has 1 amide bonds. The first kappa shape index (κ1) is 16.8. The van der Waals surface area contributed by atoms with Crippen LogP contribution in [0.25, 0.3) is 0 Å². The number of anilines is 1. The lowest BCUT2D eigenvalue weighted by Gasteiger charge is -2.35. The van der Waals surface area contributed by atoms with Crippen LogP contribution in [0.5, 0.6) is 0 Å². The zero-order chi connectivity index (χ0) is 15.8. The molecule has 1 unspecified atom stereocenters. The lowest BCUT2D eigenvalue weighted by Crippen LogP contribution is -2.43. The Bertz CT molecular complexity index is 458. The first-order chi connectivity index (χ1) is 10.8. The van der Waals surface area contributed by atoms with Gasteiger partial charge in [0.2, 0.25) is 0 Å². The number of nitrogens with zero attached hydrogens (tertiary/aromatic N) is 2. The molecule has 0 saturated carbocycles. The molecule has 1 aromatic rings. The number of carbonyl (C=O) groups is 1.